The zero-order valence-corrected chi connectivity index (χ0v) is 19.0. The third-order valence-corrected chi connectivity index (χ3v) is 5.28. The van der Waals surface area contributed by atoms with Crippen molar-refractivity contribution in [3.05, 3.63) is 77.9 Å². The molecule has 0 spiro atoms. The number of hydrogen-bond acceptors (Lipinski definition) is 6. The Morgan fingerprint density at radius 3 is 1.26 bits per heavy atom. The predicted octanol–water partition coefficient (Wildman–Crippen LogP) is 6.69. The Bertz CT molecular complexity index is 1340. The Hall–Kier alpha value is -3.92. The Labute approximate surface area is 207 Å². The van der Waals surface area contributed by atoms with Gasteiger partial charge >= 0.3 is 33.7 Å². The number of carbonyl (C=O) groups excluding carboxylic acids is 1. The molecule has 3 aromatic carbocycles. The summed E-state index contributed by atoms with van der Waals surface area (Å²) in [7, 11) is -6.23. The van der Waals surface area contributed by atoms with Crippen LogP contribution in [0.5, 0.6) is 28.7 Å². The van der Waals surface area contributed by atoms with E-state index in [0.29, 0.717) is 24.3 Å². The number of hydrogen-bond donors (Lipinski definition) is 1. The van der Waals surface area contributed by atoms with Gasteiger partial charge in [0.05, 0.1) is 11.1 Å². The maximum absolute atomic E-state index is 13.6. The molecule has 0 atom stereocenters. The van der Waals surface area contributed by atoms with Crippen molar-refractivity contribution < 1.29 is 67.1 Å². The number of alkyl halides is 8. The van der Waals surface area contributed by atoms with Gasteiger partial charge in [-0.3, -0.25) is 4.55 Å². The van der Waals surface area contributed by atoms with Crippen molar-refractivity contribution in [2.45, 2.75) is 17.6 Å². The number of rotatable bonds is 7. The molecule has 0 heterocycles. The SMILES string of the molecule is O=C(Oc1cc(Oc2ccc(C(F)(F)F)cc2)cc(Oc2ccc(C(F)(F)F)cc2)c1)C(F)(F)S(=O)(=O)O. The highest BCUT2D eigenvalue weighted by Gasteiger charge is 2.54. The number of ether oxygens (including phenoxy) is 3. The van der Waals surface area contributed by atoms with Crippen LogP contribution in [0.3, 0.4) is 0 Å². The lowest BCUT2D eigenvalue weighted by molar-refractivity contribution is -0.151. The Balaban J connectivity index is 1.95. The van der Waals surface area contributed by atoms with Gasteiger partial charge in [0.15, 0.2) is 0 Å². The summed E-state index contributed by atoms with van der Waals surface area (Å²) in [4.78, 5) is 11.7. The fourth-order valence-electron chi connectivity index (χ4n) is 2.69. The lowest BCUT2D eigenvalue weighted by Gasteiger charge is -2.15. The van der Waals surface area contributed by atoms with Gasteiger partial charge in [0, 0.05) is 18.2 Å². The lowest BCUT2D eigenvalue weighted by Crippen LogP contribution is -2.40. The predicted molar refractivity (Wildman–Crippen MR) is 112 cm³/mol. The zero-order valence-electron chi connectivity index (χ0n) is 18.2. The molecule has 7 nitrogen and oxygen atoms in total. The van der Waals surface area contributed by atoms with E-state index in [2.05, 4.69) is 4.74 Å². The molecule has 0 unspecified atom stereocenters. The Morgan fingerprint density at radius 1 is 0.605 bits per heavy atom. The monoisotopic (exact) mass is 572 g/mol. The van der Waals surface area contributed by atoms with Gasteiger partial charge in [-0.25, -0.2) is 4.79 Å². The van der Waals surface area contributed by atoms with Gasteiger partial charge in [0.1, 0.15) is 28.7 Å². The summed E-state index contributed by atoms with van der Waals surface area (Å²) in [5.41, 5.74) is -2.04. The van der Waals surface area contributed by atoms with E-state index in [9.17, 15) is 48.3 Å². The van der Waals surface area contributed by atoms with Crippen molar-refractivity contribution in [2.75, 3.05) is 0 Å². The molecule has 3 aromatic rings. The molecule has 0 fully saturated rings. The quantitative estimate of drug-likeness (QED) is 0.146. The van der Waals surface area contributed by atoms with Gasteiger partial charge in [-0.2, -0.15) is 43.5 Å². The van der Waals surface area contributed by atoms with Gasteiger partial charge in [-0.1, -0.05) is 0 Å². The van der Waals surface area contributed by atoms with Crippen LogP contribution in [0.15, 0.2) is 66.7 Å². The largest absolute Gasteiger partial charge is 0.466 e. The summed E-state index contributed by atoms with van der Waals surface area (Å²) in [5.74, 6) is -4.80. The summed E-state index contributed by atoms with van der Waals surface area (Å²) >= 11 is 0. The fraction of sp³-hybridized carbons (Fsp3) is 0.136. The van der Waals surface area contributed by atoms with Gasteiger partial charge in [0.2, 0.25) is 0 Å². The average Bonchev–Trinajstić information content (AvgIpc) is 2.77. The van der Waals surface area contributed by atoms with Crippen LogP contribution >= 0.6 is 0 Å². The van der Waals surface area contributed by atoms with Crippen molar-refractivity contribution in [3.63, 3.8) is 0 Å². The number of halogens is 8. The van der Waals surface area contributed by atoms with E-state index in [1.165, 1.54) is 0 Å². The third-order valence-electron chi connectivity index (χ3n) is 4.46. The van der Waals surface area contributed by atoms with Gasteiger partial charge in [-0.15, -0.1) is 0 Å². The molecule has 0 saturated carbocycles. The average molecular weight is 572 g/mol. The van der Waals surface area contributed by atoms with Crippen LogP contribution in [0.2, 0.25) is 0 Å². The molecular formula is C22H12F8O7S. The number of benzene rings is 3. The summed E-state index contributed by atoms with van der Waals surface area (Å²) in [5, 5.41) is -5.38. The normalized spacial score (nSPS) is 12.7. The highest BCUT2D eigenvalue weighted by Crippen LogP contribution is 2.37. The van der Waals surface area contributed by atoms with Crippen LogP contribution in [-0.4, -0.2) is 24.2 Å². The molecule has 0 saturated heterocycles. The van der Waals surface area contributed by atoms with Crippen molar-refractivity contribution in [1.82, 2.24) is 0 Å². The summed E-state index contributed by atoms with van der Waals surface area (Å²) in [6.07, 6.45) is -9.32. The molecule has 0 radical (unpaired) electrons. The first-order valence-electron chi connectivity index (χ1n) is 9.79. The molecule has 0 aliphatic carbocycles. The van der Waals surface area contributed by atoms with Crippen LogP contribution in [0.4, 0.5) is 35.1 Å². The second-order valence-electron chi connectivity index (χ2n) is 7.27. The first kappa shape index (κ1) is 28.6. The van der Waals surface area contributed by atoms with Crippen molar-refractivity contribution in [2.24, 2.45) is 0 Å². The molecule has 204 valence electrons. The molecule has 1 N–H and O–H groups in total. The summed E-state index contributed by atoms with van der Waals surface area (Å²) < 4.78 is 149. The van der Waals surface area contributed by atoms with Crippen molar-refractivity contribution in [3.8, 4) is 28.7 Å². The van der Waals surface area contributed by atoms with Crippen LogP contribution in [0, 0.1) is 0 Å². The minimum absolute atomic E-state index is 0.217. The fourth-order valence-corrected chi connectivity index (χ4v) is 2.94. The van der Waals surface area contributed by atoms with E-state index in [-0.39, 0.29) is 11.5 Å². The maximum atomic E-state index is 13.6. The molecule has 16 heteroatoms. The smallest absolute Gasteiger partial charge is 0.457 e. The Kier molecular flexibility index (Phi) is 7.61. The van der Waals surface area contributed by atoms with Crippen LogP contribution < -0.4 is 14.2 Å². The molecular weight excluding hydrogens is 560 g/mol. The van der Waals surface area contributed by atoms with Crippen molar-refractivity contribution >= 4 is 16.1 Å². The maximum Gasteiger partial charge on any atom is 0.466 e. The first-order chi connectivity index (χ1) is 17.4. The highest BCUT2D eigenvalue weighted by atomic mass is 32.2. The van der Waals surface area contributed by atoms with Gasteiger partial charge < -0.3 is 14.2 Å². The molecule has 0 aliphatic rings. The van der Waals surface area contributed by atoms with E-state index in [4.69, 9.17) is 14.0 Å². The molecule has 0 bridgehead atoms. The molecule has 3 rings (SSSR count). The number of carbonyl (C=O) groups is 1. The topological polar surface area (TPSA) is 99.1 Å². The van der Waals surface area contributed by atoms with E-state index >= 15 is 0 Å². The third kappa shape index (κ3) is 6.89. The summed E-state index contributed by atoms with van der Waals surface area (Å²) in [6.45, 7) is 0. The van der Waals surface area contributed by atoms with E-state index < -0.39 is 62.1 Å². The van der Waals surface area contributed by atoms with Gasteiger partial charge in [0.25, 0.3) is 0 Å². The molecule has 0 aromatic heterocycles. The molecule has 38 heavy (non-hydrogen) atoms. The standard InChI is InChI=1S/C22H12F8O7S/c23-20(24,25)12-1-5-14(6-2-12)35-16-9-17(36-15-7-3-13(4-8-15)21(26,27)28)11-18(10-16)37-19(31)22(29,30)38(32,33)34/h1-11H,(H,32,33,34). The molecule has 0 aliphatic heterocycles. The second kappa shape index (κ2) is 10.1. The van der Waals surface area contributed by atoms with E-state index in [1.54, 1.807) is 0 Å². The van der Waals surface area contributed by atoms with Crippen molar-refractivity contribution in [1.29, 1.82) is 0 Å². The minimum atomic E-state index is -6.23. The lowest BCUT2D eigenvalue weighted by atomic mass is 10.2. The first-order valence-corrected chi connectivity index (χ1v) is 11.2. The van der Waals surface area contributed by atoms with Crippen LogP contribution in [0.1, 0.15) is 11.1 Å². The van der Waals surface area contributed by atoms with E-state index in [1.807, 2.05) is 0 Å². The summed E-state index contributed by atoms with van der Waals surface area (Å²) in [6, 6.07) is 8.70. The highest BCUT2D eigenvalue weighted by molar-refractivity contribution is 7.87. The van der Waals surface area contributed by atoms with Crippen LogP contribution in [-0.2, 0) is 27.3 Å². The number of esters is 1. The van der Waals surface area contributed by atoms with E-state index in [0.717, 1.165) is 42.5 Å². The van der Waals surface area contributed by atoms with Crippen LogP contribution in [0.25, 0.3) is 0 Å². The second-order valence-corrected chi connectivity index (χ2v) is 8.73. The van der Waals surface area contributed by atoms with Gasteiger partial charge in [-0.05, 0) is 48.5 Å². The zero-order chi connectivity index (χ0) is 28.5. The molecule has 0 amide bonds. The minimum Gasteiger partial charge on any atom is -0.457 e. The Morgan fingerprint density at radius 2 is 0.947 bits per heavy atom.